The number of anilines is 1. The Labute approximate surface area is 256 Å². The van der Waals surface area contributed by atoms with Crippen molar-refractivity contribution in [1.82, 2.24) is 19.5 Å². The maximum atomic E-state index is 11.8. The number of hydrogen-bond acceptors (Lipinski definition) is 13. The maximum absolute atomic E-state index is 11.8. The molecule has 1 aliphatic rings. The molecule has 8 N–H and O–H groups in total. The van der Waals surface area contributed by atoms with E-state index < -0.39 is 54.6 Å². The molecule has 0 spiro atoms. The van der Waals surface area contributed by atoms with E-state index in [1.807, 2.05) is 0 Å². The van der Waals surface area contributed by atoms with Crippen LogP contribution in [0.2, 0.25) is 0 Å². The normalized spacial score (nSPS) is 25.9. The summed E-state index contributed by atoms with van der Waals surface area (Å²) in [5.41, 5.74) is 6.00. The zero-order valence-corrected chi connectivity index (χ0v) is 17.6. The zero-order valence-electron chi connectivity index (χ0n) is 14.9. The molecule has 0 radical (unpaired) electrons. The van der Waals surface area contributed by atoms with Gasteiger partial charge in [-0.05, 0) is 0 Å². The van der Waals surface area contributed by atoms with E-state index in [9.17, 15) is 28.8 Å². The van der Waals surface area contributed by atoms with Gasteiger partial charge < -0.3 is 40.3 Å². The average molecular weight is 579 g/mol. The zero-order chi connectivity index (χ0) is 23.2. The van der Waals surface area contributed by atoms with Gasteiger partial charge in [-0.3, -0.25) is 9.09 Å². The second kappa shape index (κ2) is 13.6. The summed E-state index contributed by atoms with van der Waals surface area (Å²) in [6, 6.07) is 0. The fourth-order valence-electron chi connectivity index (χ4n) is 2.62. The molecule has 0 aliphatic carbocycles. The number of phosphoric ester groups is 1. The van der Waals surface area contributed by atoms with Crippen LogP contribution in [0.25, 0.3) is 11.2 Å². The Morgan fingerprint density at radius 1 is 0.971 bits per heavy atom. The van der Waals surface area contributed by atoms with E-state index in [-0.39, 0.29) is 106 Å². The third kappa shape index (κ3) is 9.13. The standard InChI is InChI=1S/C10H16N5O13P3.3Na.3H/c11-8-5-9(13-2-12-8)15(3-14-5)10-7(17)6(16)4(26-10)1-25-30(21,22)28-31(23,24)27-29(18,19)20;;;;;;/h2-4,6-7,10,16-17H,1H2,(H,21,22)(H,23,24)(H2,11,12,13)(H2,18,19,20);;;;;;/t4-,6-,7-,10-;;;;;;/m1....../s1. The van der Waals surface area contributed by atoms with Crippen LogP contribution in [0.3, 0.4) is 0 Å². The molecule has 18 nitrogen and oxygen atoms in total. The van der Waals surface area contributed by atoms with Crippen LogP contribution in [0.4, 0.5) is 5.82 Å². The van der Waals surface area contributed by atoms with Crippen molar-refractivity contribution in [3.63, 3.8) is 0 Å². The van der Waals surface area contributed by atoms with Crippen LogP contribution >= 0.6 is 23.5 Å². The molecule has 0 amide bonds. The number of rotatable bonds is 8. The second-order valence-corrected chi connectivity index (χ2v) is 10.4. The van der Waals surface area contributed by atoms with Gasteiger partial charge in [-0.15, -0.1) is 0 Å². The van der Waals surface area contributed by atoms with Gasteiger partial charge in [0.05, 0.1) is 12.9 Å². The van der Waals surface area contributed by atoms with Crippen molar-refractivity contribution < 1.29 is 61.4 Å². The molecule has 2 aromatic rings. The van der Waals surface area contributed by atoms with E-state index >= 15 is 0 Å². The summed E-state index contributed by atoms with van der Waals surface area (Å²) in [5, 5.41) is 20.4. The molecule has 0 bridgehead atoms. The number of nitrogen functional groups attached to an aromatic ring is 1. The van der Waals surface area contributed by atoms with Gasteiger partial charge in [-0.1, -0.05) is 0 Å². The number of aromatic nitrogens is 4. The quantitative estimate of drug-likeness (QED) is 0.118. The van der Waals surface area contributed by atoms with Crippen molar-refractivity contribution in [3.8, 4) is 0 Å². The summed E-state index contributed by atoms with van der Waals surface area (Å²) >= 11 is 0. The van der Waals surface area contributed by atoms with Gasteiger partial charge in [-0.25, -0.2) is 28.6 Å². The summed E-state index contributed by atoms with van der Waals surface area (Å²) < 4.78 is 51.9. The number of imidazole rings is 1. The summed E-state index contributed by atoms with van der Waals surface area (Å²) in [4.78, 5) is 47.2. The first kappa shape index (κ1) is 35.6. The SMILES string of the molecule is Nc1ncnc2c1ncn2[C@@H]1O[C@H](COP(=O)(O)OP(=O)(O)OP(=O)(O)O)[C@@H](O)[C@H]1O.[NaH].[NaH].[NaH]. The molecular formula is C10H19N5Na3O13P3. The molecule has 1 fully saturated rings. The molecule has 0 saturated carbocycles. The number of ether oxygens (including phenoxy) is 1. The van der Waals surface area contributed by atoms with Gasteiger partial charge >= 0.3 is 112 Å². The topological polar surface area (TPSA) is 279 Å². The molecule has 6 atom stereocenters. The van der Waals surface area contributed by atoms with Crippen molar-refractivity contribution in [2.75, 3.05) is 12.3 Å². The van der Waals surface area contributed by atoms with Crippen LogP contribution in [-0.4, -0.2) is 163 Å². The minimum absolute atomic E-state index is 0. The summed E-state index contributed by atoms with van der Waals surface area (Å²) in [6.45, 7) is -0.956. The van der Waals surface area contributed by atoms with Gasteiger partial charge in [0.15, 0.2) is 17.7 Å². The van der Waals surface area contributed by atoms with E-state index in [1.165, 1.54) is 10.9 Å². The molecule has 34 heavy (non-hydrogen) atoms. The van der Waals surface area contributed by atoms with E-state index in [1.54, 1.807) is 0 Å². The van der Waals surface area contributed by atoms with Crippen LogP contribution in [0.15, 0.2) is 12.7 Å². The summed E-state index contributed by atoms with van der Waals surface area (Å²) in [7, 11) is -16.7. The van der Waals surface area contributed by atoms with Crippen LogP contribution in [-0.2, 0) is 31.6 Å². The van der Waals surface area contributed by atoms with Crippen molar-refractivity contribution in [3.05, 3.63) is 12.7 Å². The predicted octanol–water partition coefficient (Wildman–Crippen LogP) is -3.57. The third-order valence-electron chi connectivity index (χ3n) is 3.82. The van der Waals surface area contributed by atoms with Gasteiger partial charge in [0.2, 0.25) is 0 Å². The van der Waals surface area contributed by atoms with Crippen LogP contribution in [0.5, 0.6) is 0 Å². The number of hydrogen-bond donors (Lipinski definition) is 7. The van der Waals surface area contributed by atoms with Gasteiger partial charge in [0.1, 0.15) is 30.2 Å². The first-order valence-corrected chi connectivity index (χ1v) is 12.4. The number of aliphatic hydroxyl groups is 2. The summed E-state index contributed by atoms with van der Waals surface area (Å²) in [6.07, 6.45) is -3.69. The van der Waals surface area contributed by atoms with Crippen LogP contribution in [0.1, 0.15) is 6.23 Å². The molecule has 2 unspecified atom stereocenters. The first-order chi connectivity index (χ1) is 14.2. The third-order valence-corrected chi connectivity index (χ3v) is 7.62. The van der Waals surface area contributed by atoms with Gasteiger partial charge in [0.25, 0.3) is 0 Å². The van der Waals surface area contributed by atoms with Crippen molar-refractivity contribution in [2.45, 2.75) is 24.5 Å². The monoisotopic (exact) mass is 579 g/mol. The number of nitrogens with two attached hydrogens (primary N) is 1. The summed E-state index contributed by atoms with van der Waals surface area (Å²) in [5.74, 6) is 0.0426. The molecule has 2 aromatic heterocycles. The number of fused-ring (bicyclic) bond motifs is 1. The Morgan fingerprint density at radius 3 is 2.18 bits per heavy atom. The molecule has 3 rings (SSSR count). The van der Waals surface area contributed by atoms with Crippen molar-refractivity contribution >= 4 is 129 Å². The van der Waals surface area contributed by atoms with Crippen LogP contribution < -0.4 is 5.73 Å². The molecular weight excluding hydrogens is 560 g/mol. The molecule has 3 heterocycles. The van der Waals surface area contributed by atoms with Gasteiger partial charge in [0, 0.05) is 0 Å². The molecule has 0 aromatic carbocycles. The second-order valence-electron chi connectivity index (χ2n) is 6.02. The Balaban J connectivity index is 0.00000363. The predicted molar refractivity (Wildman–Crippen MR) is 117 cm³/mol. The first-order valence-electron chi connectivity index (χ1n) is 7.92. The Morgan fingerprint density at radius 2 is 1.59 bits per heavy atom. The van der Waals surface area contributed by atoms with E-state index in [4.69, 9.17) is 25.2 Å². The number of aliphatic hydroxyl groups excluding tert-OH is 2. The molecule has 24 heteroatoms. The number of phosphoric acid groups is 3. The fraction of sp³-hybridized carbons (Fsp3) is 0.500. The van der Waals surface area contributed by atoms with Gasteiger partial charge in [-0.2, -0.15) is 8.62 Å². The van der Waals surface area contributed by atoms with E-state index in [2.05, 4.69) is 28.1 Å². The molecule has 1 saturated heterocycles. The molecule has 1 aliphatic heterocycles. The van der Waals surface area contributed by atoms with E-state index in [0.717, 1.165) is 6.33 Å². The Kier molecular flexibility index (Phi) is 14.3. The fourth-order valence-corrected chi connectivity index (χ4v) is 5.65. The van der Waals surface area contributed by atoms with E-state index in [0.29, 0.717) is 0 Å². The molecule has 180 valence electrons. The minimum atomic E-state index is -5.70. The van der Waals surface area contributed by atoms with Crippen LogP contribution in [0, 0.1) is 0 Å². The van der Waals surface area contributed by atoms with Crippen molar-refractivity contribution in [2.24, 2.45) is 0 Å². The van der Waals surface area contributed by atoms with Crippen molar-refractivity contribution in [1.29, 1.82) is 0 Å². The number of nitrogens with zero attached hydrogens (tertiary/aromatic N) is 4. The Bertz CT molecular complexity index is 1120. The Hall–Kier alpha value is 1.64. The average Bonchev–Trinajstić information content (AvgIpc) is 3.13.